The highest BCUT2D eigenvalue weighted by Gasteiger charge is 2.21. The van der Waals surface area contributed by atoms with Crippen LogP contribution in [0.3, 0.4) is 0 Å². The standard InChI is InChI=1S/C9H10OSi/c1-2-4-9(5-3-1)11-7-8-6-10-8/h1-5,8H,6-7H2. The van der Waals surface area contributed by atoms with Crippen LogP contribution in [-0.4, -0.2) is 22.2 Å². The summed E-state index contributed by atoms with van der Waals surface area (Å²) in [7, 11) is 0.922. The monoisotopic (exact) mass is 162 g/mol. The van der Waals surface area contributed by atoms with Gasteiger partial charge in [-0.2, -0.15) is 0 Å². The molecule has 0 spiro atoms. The summed E-state index contributed by atoms with van der Waals surface area (Å²) in [6, 6.07) is 11.8. The molecule has 0 bridgehead atoms. The topological polar surface area (TPSA) is 12.5 Å². The second-order valence-corrected chi connectivity index (χ2v) is 4.04. The van der Waals surface area contributed by atoms with Crippen molar-refractivity contribution in [3.05, 3.63) is 30.3 Å². The maximum Gasteiger partial charge on any atom is 0.0835 e. The van der Waals surface area contributed by atoms with E-state index < -0.39 is 0 Å². The summed E-state index contributed by atoms with van der Waals surface area (Å²) >= 11 is 0. The van der Waals surface area contributed by atoms with Gasteiger partial charge in [-0.05, 0) is 6.04 Å². The van der Waals surface area contributed by atoms with E-state index in [0.717, 1.165) is 16.1 Å². The summed E-state index contributed by atoms with van der Waals surface area (Å²) in [6.07, 6.45) is 0.577. The fraction of sp³-hybridized carbons (Fsp3) is 0.333. The maximum atomic E-state index is 5.14. The quantitative estimate of drug-likeness (QED) is 0.474. The second-order valence-electron chi connectivity index (χ2n) is 2.70. The van der Waals surface area contributed by atoms with Gasteiger partial charge in [0.1, 0.15) is 0 Å². The van der Waals surface area contributed by atoms with Gasteiger partial charge in [0.25, 0.3) is 0 Å². The molecular weight excluding hydrogens is 152 g/mol. The third-order valence-corrected chi connectivity index (χ3v) is 3.11. The summed E-state index contributed by atoms with van der Waals surface area (Å²) in [6.45, 7) is 0.986. The van der Waals surface area contributed by atoms with E-state index in [0.29, 0.717) is 6.10 Å². The van der Waals surface area contributed by atoms with Gasteiger partial charge in [-0.1, -0.05) is 35.5 Å². The van der Waals surface area contributed by atoms with Gasteiger partial charge in [0, 0.05) is 0 Å². The van der Waals surface area contributed by atoms with Crippen molar-refractivity contribution in [2.24, 2.45) is 0 Å². The number of rotatable bonds is 3. The lowest BCUT2D eigenvalue weighted by molar-refractivity contribution is 0.423. The van der Waals surface area contributed by atoms with Crippen LogP contribution in [0, 0.1) is 0 Å². The minimum absolute atomic E-state index is 0.577. The van der Waals surface area contributed by atoms with Gasteiger partial charge < -0.3 is 4.74 Å². The van der Waals surface area contributed by atoms with Crippen LogP contribution in [0.2, 0.25) is 6.04 Å². The van der Waals surface area contributed by atoms with Crippen molar-refractivity contribution >= 4 is 14.7 Å². The first-order valence-electron chi connectivity index (χ1n) is 3.86. The molecule has 1 nitrogen and oxygen atoms in total. The molecule has 1 aliphatic rings. The molecule has 1 aliphatic heterocycles. The maximum absolute atomic E-state index is 5.14. The average molecular weight is 162 g/mol. The summed E-state index contributed by atoms with van der Waals surface area (Å²) in [5, 5.41) is 1.45. The van der Waals surface area contributed by atoms with Crippen LogP contribution >= 0.6 is 0 Å². The van der Waals surface area contributed by atoms with E-state index in [-0.39, 0.29) is 0 Å². The third kappa shape index (κ3) is 2.17. The number of ether oxygens (including phenoxy) is 1. The molecule has 2 radical (unpaired) electrons. The molecule has 56 valence electrons. The fourth-order valence-electron chi connectivity index (χ4n) is 0.974. The Morgan fingerprint density at radius 2 is 2.09 bits per heavy atom. The molecule has 0 N–H and O–H groups in total. The molecule has 1 aromatic rings. The Morgan fingerprint density at radius 1 is 1.36 bits per heavy atom. The van der Waals surface area contributed by atoms with Gasteiger partial charge in [-0.3, -0.25) is 0 Å². The van der Waals surface area contributed by atoms with Gasteiger partial charge in [0.05, 0.1) is 22.2 Å². The Kier molecular flexibility index (Phi) is 2.05. The molecule has 1 unspecified atom stereocenters. The van der Waals surface area contributed by atoms with Crippen molar-refractivity contribution in [2.45, 2.75) is 12.1 Å². The molecule has 11 heavy (non-hydrogen) atoms. The molecule has 1 fully saturated rings. The largest absolute Gasteiger partial charge is 0.373 e. The van der Waals surface area contributed by atoms with Crippen molar-refractivity contribution in [3.63, 3.8) is 0 Å². The van der Waals surface area contributed by atoms with Crippen LogP contribution < -0.4 is 5.19 Å². The zero-order valence-corrected chi connectivity index (χ0v) is 7.29. The van der Waals surface area contributed by atoms with Crippen LogP contribution in [0.15, 0.2) is 30.3 Å². The van der Waals surface area contributed by atoms with Gasteiger partial charge in [-0.15, -0.1) is 0 Å². The highest BCUT2D eigenvalue weighted by Crippen LogP contribution is 2.12. The van der Waals surface area contributed by atoms with E-state index in [2.05, 4.69) is 30.3 Å². The van der Waals surface area contributed by atoms with E-state index in [4.69, 9.17) is 4.74 Å². The van der Waals surface area contributed by atoms with Gasteiger partial charge in [0.2, 0.25) is 0 Å². The van der Waals surface area contributed by atoms with Crippen LogP contribution in [0.25, 0.3) is 0 Å². The third-order valence-electron chi connectivity index (χ3n) is 1.71. The Hall–Kier alpha value is -0.603. The summed E-state index contributed by atoms with van der Waals surface area (Å²) in [5.74, 6) is 0. The van der Waals surface area contributed by atoms with Crippen LogP contribution in [-0.2, 0) is 4.74 Å². The van der Waals surface area contributed by atoms with Crippen LogP contribution in [0.4, 0.5) is 0 Å². The van der Waals surface area contributed by atoms with Gasteiger partial charge >= 0.3 is 0 Å². The molecule has 0 aromatic heterocycles. The van der Waals surface area contributed by atoms with Crippen LogP contribution in [0.5, 0.6) is 0 Å². The van der Waals surface area contributed by atoms with E-state index in [1.165, 1.54) is 11.2 Å². The molecule has 1 atom stereocenters. The summed E-state index contributed by atoms with van der Waals surface area (Å²) in [5.41, 5.74) is 0. The number of hydrogen-bond acceptors (Lipinski definition) is 1. The first-order chi connectivity index (χ1) is 5.45. The zero-order chi connectivity index (χ0) is 7.52. The first kappa shape index (κ1) is 7.07. The highest BCUT2D eigenvalue weighted by molar-refractivity contribution is 6.53. The predicted molar refractivity (Wildman–Crippen MR) is 46.4 cm³/mol. The first-order valence-corrected chi connectivity index (χ1v) is 5.06. The smallest absolute Gasteiger partial charge is 0.0835 e. The van der Waals surface area contributed by atoms with Crippen molar-refractivity contribution in [2.75, 3.05) is 6.61 Å². The normalized spacial score (nSPS) is 21.6. The van der Waals surface area contributed by atoms with Crippen molar-refractivity contribution < 1.29 is 4.74 Å². The molecule has 2 rings (SSSR count). The van der Waals surface area contributed by atoms with E-state index >= 15 is 0 Å². The number of benzene rings is 1. The Labute approximate surface area is 69.2 Å². The van der Waals surface area contributed by atoms with Crippen molar-refractivity contribution in [1.29, 1.82) is 0 Å². The minimum Gasteiger partial charge on any atom is -0.373 e. The molecule has 0 amide bonds. The van der Waals surface area contributed by atoms with E-state index in [1.807, 2.05) is 0 Å². The molecule has 2 heteroatoms. The molecular formula is C9H10OSi. The Bertz CT molecular complexity index is 218. The molecule has 1 heterocycles. The highest BCUT2D eigenvalue weighted by atomic mass is 28.2. The molecule has 0 saturated carbocycles. The predicted octanol–water partition coefficient (Wildman–Crippen LogP) is 0.833. The minimum atomic E-state index is 0.577. The number of hydrogen-bond donors (Lipinski definition) is 0. The average Bonchev–Trinajstić information content (AvgIpc) is 2.86. The Morgan fingerprint density at radius 3 is 2.73 bits per heavy atom. The van der Waals surface area contributed by atoms with Crippen LogP contribution in [0.1, 0.15) is 0 Å². The lowest BCUT2D eigenvalue weighted by atomic mass is 10.4. The van der Waals surface area contributed by atoms with Gasteiger partial charge in [-0.25, -0.2) is 0 Å². The second kappa shape index (κ2) is 3.20. The summed E-state index contributed by atoms with van der Waals surface area (Å²) < 4.78 is 5.14. The molecule has 0 aliphatic carbocycles. The van der Waals surface area contributed by atoms with E-state index in [9.17, 15) is 0 Å². The zero-order valence-electron chi connectivity index (χ0n) is 6.29. The summed E-state index contributed by atoms with van der Waals surface area (Å²) in [4.78, 5) is 0. The van der Waals surface area contributed by atoms with E-state index in [1.54, 1.807) is 0 Å². The van der Waals surface area contributed by atoms with Crippen molar-refractivity contribution in [3.8, 4) is 0 Å². The fourth-order valence-corrected chi connectivity index (χ4v) is 2.10. The van der Waals surface area contributed by atoms with Crippen molar-refractivity contribution in [1.82, 2.24) is 0 Å². The molecule has 1 aromatic carbocycles. The van der Waals surface area contributed by atoms with Gasteiger partial charge in [0.15, 0.2) is 0 Å². The molecule has 1 saturated heterocycles. The SMILES string of the molecule is c1ccc([Si]CC2CO2)cc1. The number of epoxide rings is 1. The lowest BCUT2D eigenvalue weighted by Crippen LogP contribution is -2.14. The lowest BCUT2D eigenvalue weighted by Gasteiger charge is -1.94. The Balaban J connectivity index is 1.85.